The van der Waals surface area contributed by atoms with Gasteiger partial charge in [0.05, 0.1) is 5.46 Å². The van der Waals surface area contributed by atoms with Crippen LogP contribution in [0, 0.1) is 11.3 Å². The molecule has 0 radical (unpaired) electrons. The molecular weight excluding hydrogens is 415 g/mol. The Morgan fingerprint density at radius 3 is 2.48 bits per heavy atom. The Labute approximate surface area is 197 Å². The molecule has 2 aliphatic rings. The Bertz CT molecular complexity index is 1050. The van der Waals surface area contributed by atoms with E-state index in [0.29, 0.717) is 17.3 Å². The molecule has 0 spiro atoms. The number of ether oxygens (including phenoxy) is 2. The molecule has 1 aromatic carbocycles. The maximum Gasteiger partial charge on any atom is 0.496 e. The first kappa shape index (κ1) is 24.0. The number of rotatable bonds is 7. The Morgan fingerprint density at radius 2 is 1.82 bits per heavy atom. The zero-order valence-corrected chi connectivity index (χ0v) is 20.4. The fourth-order valence-electron chi connectivity index (χ4n) is 6.63. The van der Waals surface area contributed by atoms with Gasteiger partial charge in [-0.3, -0.25) is 0 Å². The molecule has 5 nitrogen and oxygen atoms in total. The van der Waals surface area contributed by atoms with Crippen LogP contribution in [0.1, 0.15) is 77.0 Å². The van der Waals surface area contributed by atoms with Crippen molar-refractivity contribution < 1.29 is 23.9 Å². The Balaban J connectivity index is 2.05. The van der Waals surface area contributed by atoms with Crippen LogP contribution in [0.3, 0.4) is 0 Å². The lowest BCUT2D eigenvalue weighted by Crippen LogP contribution is -2.44. The first-order chi connectivity index (χ1) is 15.7. The minimum Gasteiger partial charge on any atom is -0.486 e. The summed E-state index contributed by atoms with van der Waals surface area (Å²) in [7, 11) is -1.77. The second-order valence-electron chi connectivity index (χ2n) is 10.7. The molecule has 0 aliphatic heterocycles. The van der Waals surface area contributed by atoms with Crippen LogP contribution in [-0.4, -0.2) is 30.4 Å². The summed E-state index contributed by atoms with van der Waals surface area (Å²) in [6, 6.07) is 1.97. The van der Waals surface area contributed by atoms with Crippen molar-refractivity contribution in [2.75, 3.05) is 13.2 Å². The van der Waals surface area contributed by atoms with E-state index in [0.717, 1.165) is 36.8 Å². The average Bonchev–Trinajstić information content (AvgIpc) is 3.09. The lowest BCUT2D eigenvalue weighted by molar-refractivity contribution is 0.0504. The number of benzene rings is 1. The van der Waals surface area contributed by atoms with Crippen molar-refractivity contribution >= 4 is 23.6 Å². The molecule has 1 saturated carbocycles. The highest BCUT2D eigenvalue weighted by Crippen LogP contribution is 2.59. The second-order valence-corrected chi connectivity index (χ2v) is 10.7. The van der Waals surface area contributed by atoms with Gasteiger partial charge in [-0.25, -0.2) is 0 Å². The van der Waals surface area contributed by atoms with Crippen LogP contribution in [0.15, 0.2) is 35.8 Å². The third-order valence-corrected chi connectivity index (χ3v) is 8.06. The van der Waals surface area contributed by atoms with Crippen molar-refractivity contribution in [2.24, 2.45) is 11.3 Å². The minimum atomic E-state index is -1.77. The molecule has 1 aromatic heterocycles. The molecule has 178 valence electrons. The van der Waals surface area contributed by atoms with Gasteiger partial charge in [0.15, 0.2) is 11.5 Å². The largest absolute Gasteiger partial charge is 0.496 e. The van der Waals surface area contributed by atoms with Crippen LogP contribution < -0.4 is 14.9 Å². The van der Waals surface area contributed by atoms with Gasteiger partial charge in [-0.15, -0.1) is 0 Å². The molecule has 33 heavy (non-hydrogen) atoms. The maximum atomic E-state index is 10.4. The van der Waals surface area contributed by atoms with E-state index in [2.05, 4.69) is 40.9 Å². The highest BCUT2D eigenvalue weighted by Gasteiger charge is 2.51. The summed E-state index contributed by atoms with van der Waals surface area (Å²) < 4.78 is 18.4. The Morgan fingerprint density at radius 1 is 1.12 bits per heavy atom. The summed E-state index contributed by atoms with van der Waals surface area (Å²) in [4.78, 5) is 0. The first-order valence-electron chi connectivity index (χ1n) is 12.1. The van der Waals surface area contributed by atoms with Crippen LogP contribution in [0.25, 0.3) is 11.0 Å². The van der Waals surface area contributed by atoms with Gasteiger partial charge in [-0.05, 0) is 48.5 Å². The topological polar surface area (TPSA) is 72.1 Å². The van der Waals surface area contributed by atoms with Crippen molar-refractivity contribution in [3.8, 4) is 11.5 Å². The second kappa shape index (κ2) is 8.88. The average molecular weight is 452 g/mol. The molecule has 6 heteroatoms. The number of hydrogen-bond acceptors (Lipinski definition) is 5. The quantitative estimate of drug-likeness (QED) is 0.445. The highest BCUT2D eigenvalue weighted by atomic mass is 16.5. The minimum absolute atomic E-state index is 0.0655. The summed E-state index contributed by atoms with van der Waals surface area (Å²) in [6.07, 6.45) is 8.96. The van der Waals surface area contributed by atoms with E-state index < -0.39 is 7.12 Å². The molecule has 2 aromatic rings. The summed E-state index contributed by atoms with van der Waals surface area (Å²) >= 11 is 0. The van der Waals surface area contributed by atoms with Crippen LogP contribution in [0.2, 0.25) is 0 Å². The molecule has 2 N–H and O–H groups in total. The lowest BCUT2D eigenvalue weighted by Gasteiger charge is -2.50. The Hall–Kier alpha value is -2.18. The third-order valence-electron chi connectivity index (χ3n) is 8.06. The summed E-state index contributed by atoms with van der Waals surface area (Å²) in [5, 5.41) is 21.8. The van der Waals surface area contributed by atoms with Gasteiger partial charge >= 0.3 is 7.12 Å². The third kappa shape index (κ3) is 3.91. The van der Waals surface area contributed by atoms with Crippen molar-refractivity contribution in [2.45, 2.75) is 71.1 Å². The summed E-state index contributed by atoms with van der Waals surface area (Å²) in [6.45, 7) is 17.3. The first-order valence-corrected chi connectivity index (χ1v) is 12.1. The monoisotopic (exact) mass is 452 g/mol. The van der Waals surface area contributed by atoms with E-state index in [-0.39, 0.29) is 41.2 Å². The van der Waals surface area contributed by atoms with Gasteiger partial charge in [-0.1, -0.05) is 59.4 Å². The predicted octanol–water partition coefficient (Wildman–Crippen LogP) is 5.22. The van der Waals surface area contributed by atoms with Gasteiger partial charge in [-0.2, -0.15) is 0 Å². The van der Waals surface area contributed by atoms with Crippen molar-refractivity contribution in [3.05, 3.63) is 42.7 Å². The van der Waals surface area contributed by atoms with E-state index in [9.17, 15) is 10.0 Å². The molecule has 0 bridgehead atoms. The molecule has 1 heterocycles. The van der Waals surface area contributed by atoms with Gasteiger partial charge in [0, 0.05) is 16.9 Å². The zero-order chi connectivity index (χ0) is 24.0. The number of hydrogen-bond donors (Lipinski definition) is 2. The van der Waals surface area contributed by atoms with Gasteiger partial charge < -0.3 is 23.9 Å². The molecule has 1 fully saturated rings. The molecule has 0 saturated heterocycles. The molecule has 1 unspecified atom stereocenters. The molecule has 0 amide bonds. The van der Waals surface area contributed by atoms with E-state index >= 15 is 0 Å². The standard InChI is InChI=1S/C27H37BO5/c1-7-14-31-19-16-18-21-23(33-24(18)22(28(29)30)25(19)32-15-8-2)17(3)10-11-20-26(4,5)12-9-13-27(20,21)6/h7-8,16-17,20,29-30H,1-2,9-15H2,3-6H3/t17?,20-,27-/m1/s1. The molecule has 3 atom stereocenters. The molecular formula is C27H37BO5. The summed E-state index contributed by atoms with van der Waals surface area (Å²) in [5.41, 5.74) is 2.07. The summed E-state index contributed by atoms with van der Waals surface area (Å²) in [5.74, 6) is 2.46. The zero-order valence-electron chi connectivity index (χ0n) is 20.4. The normalized spacial score (nSPS) is 26.1. The molecule has 2 aliphatic carbocycles. The fraction of sp³-hybridized carbons (Fsp3) is 0.556. The Kier molecular flexibility index (Phi) is 6.45. The molecule has 4 rings (SSSR count). The number of furan rings is 1. The SMILES string of the molecule is C=CCOc1cc2c3c(oc2c(B(O)O)c1OCC=C)C(C)CC[C@@H]1C(C)(C)CCC[C@@]31C. The van der Waals surface area contributed by atoms with Gasteiger partial charge in [0.1, 0.15) is 24.6 Å². The van der Waals surface area contributed by atoms with Gasteiger partial charge in [0.25, 0.3) is 0 Å². The maximum absolute atomic E-state index is 10.4. The van der Waals surface area contributed by atoms with Gasteiger partial charge in [0.2, 0.25) is 0 Å². The van der Waals surface area contributed by atoms with Crippen LogP contribution in [0.5, 0.6) is 11.5 Å². The fourth-order valence-corrected chi connectivity index (χ4v) is 6.63. The predicted molar refractivity (Wildman–Crippen MR) is 134 cm³/mol. The van der Waals surface area contributed by atoms with Crippen molar-refractivity contribution in [3.63, 3.8) is 0 Å². The van der Waals surface area contributed by atoms with Crippen LogP contribution in [-0.2, 0) is 5.41 Å². The van der Waals surface area contributed by atoms with E-state index in [1.807, 2.05) is 6.07 Å². The van der Waals surface area contributed by atoms with Crippen molar-refractivity contribution in [1.29, 1.82) is 0 Å². The van der Waals surface area contributed by atoms with Crippen molar-refractivity contribution in [1.82, 2.24) is 0 Å². The smallest absolute Gasteiger partial charge is 0.486 e. The van der Waals surface area contributed by atoms with Crippen LogP contribution in [0.4, 0.5) is 0 Å². The number of fused-ring (bicyclic) bond motifs is 5. The highest BCUT2D eigenvalue weighted by molar-refractivity contribution is 6.63. The van der Waals surface area contributed by atoms with E-state index in [4.69, 9.17) is 13.9 Å². The lowest BCUT2D eigenvalue weighted by atomic mass is 9.53. The van der Waals surface area contributed by atoms with Crippen LogP contribution >= 0.6 is 0 Å². The van der Waals surface area contributed by atoms with E-state index in [1.54, 1.807) is 12.2 Å². The van der Waals surface area contributed by atoms with E-state index in [1.165, 1.54) is 12.0 Å².